The number of fused-ring (bicyclic) bond motifs is 4. The second-order valence-corrected chi connectivity index (χ2v) is 24.7. The van der Waals surface area contributed by atoms with Crippen molar-refractivity contribution >= 4 is 95.6 Å². The average Bonchev–Trinajstić information content (AvgIpc) is 3.66. The number of hydroxylamine groups is 2. The molecule has 27 heteroatoms. The van der Waals surface area contributed by atoms with E-state index in [2.05, 4.69) is 6.58 Å². The summed E-state index contributed by atoms with van der Waals surface area (Å²) in [6.07, 6.45) is 3.64. The smallest absolute Gasteiger partial charge is 0.335 e. The molecule has 0 aliphatic carbocycles. The topological polar surface area (TPSA) is 348 Å². The summed E-state index contributed by atoms with van der Waals surface area (Å²) in [5.74, 6) is -3.02. The zero-order chi connectivity index (χ0) is 53.0. The minimum absolute atomic E-state index is 0.00178. The fourth-order valence-corrected chi connectivity index (χ4v) is 12.2. The molecule has 384 valence electrons. The monoisotopic (exact) mass is 1080 g/mol. The average molecular weight is 1090 g/mol. The third kappa shape index (κ3) is 11.6. The van der Waals surface area contributed by atoms with Crippen LogP contribution in [0.5, 0.6) is 0 Å². The van der Waals surface area contributed by atoms with Gasteiger partial charge >= 0.3 is 5.97 Å². The Morgan fingerprint density at radius 2 is 1.30 bits per heavy atom. The van der Waals surface area contributed by atoms with E-state index in [0.717, 1.165) is 12.1 Å². The molecule has 22 nitrogen and oxygen atoms in total. The highest BCUT2D eigenvalue weighted by atomic mass is 32.2. The van der Waals surface area contributed by atoms with Crippen LogP contribution in [0.2, 0.25) is 0 Å². The number of carbonyl (C=O) groups is 3. The second-order valence-electron chi connectivity index (χ2n) is 17.5. The summed E-state index contributed by atoms with van der Waals surface area (Å²) in [5.41, 5.74) is -0.755. The molecule has 4 aromatic rings. The number of nitrogens with zero attached hydrogens (tertiary/aromatic N) is 2. The first kappa shape index (κ1) is 54.9. The van der Waals surface area contributed by atoms with Crippen molar-refractivity contribution in [2.24, 2.45) is 0 Å². The molecule has 0 spiro atoms. The molecule has 2 amide bonds. The molecule has 1 saturated heterocycles. The Morgan fingerprint density at radius 3 is 1.83 bits per heavy atom. The Balaban J connectivity index is 1.47. The lowest BCUT2D eigenvalue weighted by atomic mass is 9.70. The number of aryl methyl sites for hydroxylation is 1. The molecule has 2 heterocycles. The van der Waals surface area contributed by atoms with Crippen molar-refractivity contribution in [3.05, 3.63) is 101 Å². The fraction of sp³-hybridized carbons (Fsp3) is 0.341. The van der Waals surface area contributed by atoms with Crippen LogP contribution in [0.15, 0.2) is 104 Å². The van der Waals surface area contributed by atoms with E-state index >= 15 is 0 Å². The maximum Gasteiger partial charge on any atom is 0.335 e. The molecule has 71 heavy (non-hydrogen) atoms. The Labute approximate surface area is 409 Å². The van der Waals surface area contributed by atoms with Gasteiger partial charge in [0.25, 0.3) is 62.4 Å². The Bertz CT molecular complexity index is 3570. The maximum atomic E-state index is 12.7. The number of hydrogen-bond donors (Lipinski definition) is 5. The van der Waals surface area contributed by atoms with Gasteiger partial charge in [-0.2, -0.15) is 42.1 Å². The van der Waals surface area contributed by atoms with Crippen LogP contribution in [0, 0.1) is 6.92 Å². The van der Waals surface area contributed by atoms with Gasteiger partial charge in [-0.1, -0.05) is 57.7 Å². The van der Waals surface area contributed by atoms with E-state index in [9.17, 15) is 79.2 Å². The lowest BCUT2D eigenvalue weighted by Gasteiger charge is -2.34. The van der Waals surface area contributed by atoms with Crippen molar-refractivity contribution in [3.63, 3.8) is 0 Å². The maximum absolute atomic E-state index is 12.7. The molecule has 6 rings (SSSR count). The molecule has 2 aliphatic rings. The number of benzene rings is 4. The van der Waals surface area contributed by atoms with Crippen LogP contribution in [0.3, 0.4) is 0 Å². The van der Waals surface area contributed by atoms with Crippen molar-refractivity contribution in [1.29, 1.82) is 0 Å². The minimum atomic E-state index is -5.14. The number of carbonyl (C=O) groups excluding carboxylic acids is 3. The van der Waals surface area contributed by atoms with Crippen LogP contribution in [-0.4, -0.2) is 113 Å². The van der Waals surface area contributed by atoms with Crippen molar-refractivity contribution in [3.8, 4) is 0 Å². The summed E-state index contributed by atoms with van der Waals surface area (Å²) in [6.45, 7) is 10.5. The predicted molar refractivity (Wildman–Crippen MR) is 254 cm³/mol. The minimum Gasteiger partial charge on any atom is -0.379 e. The molecular formula is C44H48N2O20S5. The Hall–Kier alpha value is -5.46. The van der Waals surface area contributed by atoms with E-state index in [-0.39, 0.29) is 84.5 Å². The summed E-state index contributed by atoms with van der Waals surface area (Å²) in [5, 5.41) is 0.0278. The molecule has 4 aromatic carbocycles. The van der Waals surface area contributed by atoms with E-state index in [1.165, 1.54) is 36.4 Å². The number of hydrogen-bond acceptors (Lipinski definition) is 16. The zero-order valence-electron chi connectivity index (χ0n) is 38.2. The zero-order valence-corrected chi connectivity index (χ0v) is 42.3. The summed E-state index contributed by atoms with van der Waals surface area (Å²) in [4.78, 5) is 39.4. The van der Waals surface area contributed by atoms with Gasteiger partial charge in [-0.15, -0.1) is 5.06 Å². The highest BCUT2D eigenvalue weighted by molar-refractivity contribution is 7.87. The number of rotatable bonds is 19. The van der Waals surface area contributed by atoms with E-state index < -0.39 is 105 Å². The normalized spacial score (nSPS) is 17.2. The van der Waals surface area contributed by atoms with Crippen LogP contribution in [0.1, 0.15) is 69.6 Å². The number of allylic oxidation sites excluding steroid dienone is 5. The highest BCUT2D eigenvalue weighted by Gasteiger charge is 2.42. The number of amides is 2. The standard InChI is InChI=1S/C44H48N2O20S5/c1-26-10-11-30-32(22-28(68(53,54)55)24-35(30)70(59,60)61)41(26)44(5,17-7-21-67(50,51)52)27(2)8-6-9-37-43(3,4)42-33-23-29(69(56,57)58)25-36(71(62,63)64)31(33)12-13-34(42)45(37)18-20-65-19-16-40(49)66-46-38(47)14-15-39(46)48/h6,8-13,22-25H,2,7,14-21H2,1,3-5H3,(H,50,51,52)(H,53,54,55)(H,56,57,58)(H,59,60,61)(H,62,63,64)/b8-6+,37-9+. The molecule has 1 unspecified atom stereocenters. The van der Waals surface area contributed by atoms with Crippen LogP contribution >= 0.6 is 0 Å². The van der Waals surface area contributed by atoms with Crippen molar-refractivity contribution < 1.29 is 88.8 Å². The third-order valence-electron chi connectivity index (χ3n) is 12.3. The van der Waals surface area contributed by atoms with Crippen molar-refractivity contribution in [1.82, 2.24) is 5.06 Å². The molecule has 0 aromatic heterocycles. The first-order valence-corrected chi connectivity index (χ1v) is 28.5. The van der Waals surface area contributed by atoms with E-state index in [1.807, 2.05) is 0 Å². The predicted octanol–water partition coefficient (Wildman–Crippen LogP) is 5.02. The third-order valence-corrected chi connectivity index (χ3v) is 16.6. The lowest BCUT2D eigenvalue weighted by Crippen LogP contribution is -2.32. The summed E-state index contributed by atoms with van der Waals surface area (Å²) < 4.78 is 180. The van der Waals surface area contributed by atoms with Crippen molar-refractivity contribution in [2.75, 3.05) is 30.4 Å². The highest BCUT2D eigenvalue weighted by Crippen LogP contribution is 2.52. The Morgan fingerprint density at radius 1 is 0.761 bits per heavy atom. The van der Waals surface area contributed by atoms with Gasteiger partial charge in [0.05, 0.1) is 35.2 Å². The van der Waals surface area contributed by atoms with E-state index in [1.54, 1.807) is 38.7 Å². The first-order chi connectivity index (χ1) is 32.6. The molecule has 0 bridgehead atoms. The van der Waals surface area contributed by atoms with Crippen molar-refractivity contribution in [2.45, 2.75) is 90.2 Å². The van der Waals surface area contributed by atoms with Gasteiger partial charge in [0, 0.05) is 52.4 Å². The molecule has 1 atom stereocenters. The summed E-state index contributed by atoms with van der Waals surface area (Å²) >= 11 is 0. The number of ether oxygens (including phenoxy) is 1. The molecule has 0 radical (unpaired) electrons. The van der Waals surface area contributed by atoms with Crippen LogP contribution < -0.4 is 4.90 Å². The summed E-state index contributed by atoms with van der Waals surface area (Å²) in [7, 11) is -24.9. The van der Waals surface area contributed by atoms with E-state index in [0.29, 0.717) is 39.7 Å². The largest absolute Gasteiger partial charge is 0.379 e. The summed E-state index contributed by atoms with van der Waals surface area (Å²) in [6, 6.07) is 8.81. The Kier molecular flexibility index (Phi) is 15.1. The van der Waals surface area contributed by atoms with E-state index in [4.69, 9.17) is 9.57 Å². The van der Waals surface area contributed by atoms with Crippen LogP contribution in [-0.2, 0) is 85.4 Å². The van der Waals surface area contributed by atoms with Gasteiger partial charge in [0.15, 0.2) is 0 Å². The van der Waals surface area contributed by atoms with Gasteiger partial charge in [-0.25, -0.2) is 4.79 Å². The molecule has 0 saturated carbocycles. The van der Waals surface area contributed by atoms with Gasteiger partial charge < -0.3 is 14.5 Å². The van der Waals surface area contributed by atoms with Gasteiger partial charge in [0.2, 0.25) is 0 Å². The van der Waals surface area contributed by atoms with Gasteiger partial charge in [0.1, 0.15) is 9.79 Å². The first-order valence-electron chi connectivity index (χ1n) is 21.1. The quantitative estimate of drug-likeness (QED) is 0.0356. The molecule has 5 N–H and O–H groups in total. The molecule has 2 aliphatic heterocycles. The fourth-order valence-electron chi connectivity index (χ4n) is 9.03. The van der Waals surface area contributed by atoms with Crippen LogP contribution in [0.25, 0.3) is 21.5 Å². The SMILES string of the molecule is C=C(/C=C/C=C1/N(CCOCCC(=O)ON2C(=O)CCC2=O)c2ccc3c(S(=O)(=O)O)cc(S(=O)(=O)O)cc3c2C1(C)C)C(C)(CCCS(=O)(=O)O)c1c(C)ccc2c(S(=O)(=O)O)cc(S(=O)(=O)O)cc12. The number of imide groups is 1. The lowest BCUT2D eigenvalue weighted by molar-refractivity contribution is -0.198. The van der Waals surface area contributed by atoms with Gasteiger partial charge in [-0.05, 0) is 89.2 Å². The van der Waals surface area contributed by atoms with Crippen LogP contribution in [0.4, 0.5) is 5.69 Å². The van der Waals surface area contributed by atoms with Gasteiger partial charge in [-0.3, -0.25) is 32.4 Å². The molecular weight excluding hydrogens is 1040 g/mol. The molecule has 1 fully saturated rings. The second kappa shape index (κ2) is 19.5. The number of anilines is 1.